The molecule has 0 radical (unpaired) electrons. The quantitative estimate of drug-likeness (QED) is 0.433. The van der Waals surface area contributed by atoms with E-state index in [4.69, 9.17) is 0 Å². The molecule has 0 unspecified atom stereocenters. The molecule has 1 aliphatic rings. The van der Waals surface area contributed by atoms with Gasteiger partial charge in [-0.3, -0.25) is 19.1 Å². The molecule has 0 saturated heterocycles. The molecule has 0 atom stereocenters. The van der Waals surface area contributed by atoms with Crippen LogP contribution >= 0.6 is 0 Å². The van der Waals surface area contributed by atoms with Crippen molar-refractivity contribution >= 4 is 27.2 Å². The Kier molecular flexibility index (Phi) is 4.87. The number of hydrogen-bond donors (Lipinski definition) is 1. The van der Waals surface area contributed by atoms with Crippen molar-refractivity contribution in [3.05, 3.63) is 106 Å². The maximum atomic E-state index is 13.1. The van der Waals surface area contributed by atoms with E-state index in [0.29, 0.717) is 11.4 Å². The number of sulfone groups is 1. The summed E-state index contributed by atoms with van der Waals surface area (Å²) in [5.74, 6) is -1.08. The van der Waals surface area contributed by atoms with Crippen LogP contribution in [0.15, 0.2) is 87.4 Å². The van der Waals surface area contributed by atoms with Crippen molar-refractivity contribution in [3.8, 4) is 5.69 Å². The number of fused-ring (bicyclic) bond motifs is 2. The molecule has 1 aliphatic heterocycles. The summed E-state index contributed by atoms with van der Waals surface area (Å²) in [6.45, 7) is 1.70. The summed E-state index contributed by atoms with van der Waals surface area (Å²) in [5, 5.41) is 2.62. The molecule has 5 rings (SSSR count). The van der Waals surface area contributed by atoms with Crippen LogP contribution in [0.2, 0.25) is 0 Å². The second kappa shape index (κ2) is 7.67. The van der Waals surface area contributed by atoms with Gasteiger partial charge in [0.25, 0.3) is 11.5 Å². The molecule has 0 fully saturated rings. The summed E-state index contributed by atoms with van der Waals surface area (Å²) >= 11 is 0. The number of nitrogens with one attached hydrogen (secondary N) is 1. The van der Waals surface area contributed by atoms with Crippen molar-refractivity contribution in [2.45, 2.75) is 16.7 Å². The van der Waals surface area contributed by atoms with Gasteiger partial charge in [0.15, 0.2) is 5.78 Å². The van der Waals surface area contributed by atoms with Gasteiger partial charge in [-0.25, -0.2) is 13.1 Å². The van der Waals surface area contributed by atoms with Crippen LogP contribution in [0.4, 0.5) is 5.69 Å². The summed E-state index contributed by atoms with van der Waals surface area (Å²) in [4.78, 5) is 38.6. The van der Waals surface area contributed by atoms with Gasteiger partial charge in [0.1, 0.15) is 5.69 Å². The summed E-state index contributed by atoms with van der Waals surface area (Å²) in [6, 6.07) is 18.9. The molecule has 1 aromatic heterocycles. The second-order valence-electron chi connectivity index (χ2n) is 7.93. The smallest absolute Gasteiger partial charge is 0.295 e. The molecule has 0 aliphatic carbocycles. The average molecular weight is 474 g/mol. The number of carbonyl (C=O) groups is 2. The normalized spacial score (nSPS) is 13.8. The van der Waals surface area contributed by atoms with Gasteiger partial charge in [0, 0.05) is 23.7 Å². The van der Waals surface area contributed by atoms with E-state index < -0.39 is 27.1 Å². The number of carbonyl (C=O) groups excluding carboxylic acids is 2. The van der Waals surface area contributed by atoms with Gasteiger partial charge in [-0.05, 0) is 49.4 Å². The van der Waals surface area contributed by atoms with E-state index in [1.807, 2.05) is 6.07 Å². The van der Waals surface area contributed by atoms with E-state index in [2.05, 4.69) is 5.32 Å². The fourth-order valence-electron chi connectivity index (χ4n) is 4.12. The first kappa shape index (κ1) is 21.6. The van der Waals surface area contributed by atoms with Crippen LogP contribution in [0.5, 0.6) is 0 Å². The Morgan fingerprint density at radius 1 is 0.853 bits per heavy atom. The van der Waals surface area contributed by atoms with Crippen LogP contribution in [0, 0.1) is 6.92 Å². The first-order chi connectivity index (χ1) is 16.2. The molecule has 170 valence electrons. The number of hydrogen-bond acceptors (Lipinski definition) is 5. The Labute approximate surface area is 195 Å². The molecular weight excluding hydrogens is 454 g/mol. The highest BCUT2D eigenvalue weighted by Gasteiger charge is 2.35. The van der Waals surface area contributed by atoms with Gasteiger partial charge in [0.2, 0.25) is 9.84 Å². The van der Waals surface area contributed by atoms with E-state index in [1.54, 1.807) is 55.1 Å². The van der Waals surface area contributed by atoms with Gasteiger partial charge in [-0.1, -0.05) is 30.3 Å². The molecular formula is C25H19N3O5S. The zero-order valence-electron chi connectivity index (χ0n) is 18.3. The Balaban J connectivity index is 1.55. The number of ketones is 1. The molecule has 0 spiro atoms. The third-order valence-corrected chi connectivity index (χ3v) is 7.84. The summed E-state index contributed by atoms with van der Waals surface area (Å²) < 4.78 is 29.3. The molecule has 1 amide bonds. The van der Waals surface area contributed by atoms with Gasteiger partial charge in [-0.2, -0.15) is 0 Å². The molecule has 8 nitrogen and oxygen atoms in total. The van der Waals surface area contributed by atoms with Gasteiger partial charge >= 0.3 is 0 Å². The Morgan fingerprint density at radius 3 is 2.24 bits per heavy atom. The van der Waals surface area contributed by atoms with Crippen molar-refractivity contribution in [1.82, 2.24) is 9.36 Å². The van der Waals surface area contributed by atoms with Crippen LogP contribution in [0.3, 0.4) is 0 Å². The third kappa shape index (κ3) is 3.12. The Hall–Kier alpha value is -4.24. The predicted molar refractivity (Wildman–Crippen MR) is 125 cm³/mol. The molecule has 1 N–H and O–H groups in total. The largest absolute Gasteiger partial charge is 0.316 e. The van der Waals surface area contributed by atoms with Crippen molar-refractivity contribution in [3.63, 3.8) is 0 Å². The van der Waals surface area contributed by atoms with Crippen molar-refractivity contribution in [2.75, 3.05) is 5.32 Å². The topological polar surface area (TPSA) is 107 Å². The number of anilines is 1. The minimum atomic E-state index is -3.99. The van der Waals surface area contributed by atoms with Gasteiger partial charge in [-0.15, -0.1) is 0 Å². The Morgan fingerprint density at radius 2 is 1.50 bits per heavy atom. The maximum Gasteiger partial charge on any atom is 0.295 e. The number of rotatable bonds is 3. The summed E-state index contributed by atoms with van der Waals surface area (Å²) in [6.07, 6.45) is 0. The lowest BCUT2D eigenvalue weighted by molar-refractivity contribution is 0.101. The molecule has 0 bridgehead atoms. The molecule has 9 heteroatoms. The van der Waals surface area contributed by atoms with E-state index in [1.165, 1.54) is 35.0 Å². The average Bonchev–Trinajstić information content (AvgIpc) is 3.06. The van der Waals surface area contributed by atoms with Crippen molar-refractivity contribution in [1.29, 1.82) is 0 Å². The maximum absolute atomic E-state index is 13.1. The molecule has 34 heavy (non-hydrogen) atoms. The number of para-hydroxylation sites is 1. The highest BCUT2D eigenvalue weighted by molar-refractivity contribution is 7.91. The van der Waals surface area contributed by atoms with Gasteiger partial charge < -0.3 is 5.32 Å². The lowest BCUT2D eigenvalue weighted by Gasteiger charge is -2.19. The summed E-state index contributed by atoms with van der Waals surface area (Å²) in [5.41, 5.74) is 0.953. The first-order valence-electron chi connectivity index (χ1n) is 10.4. The van der Waals surface area contributed by atoms with E-state index >= 15 is 0 Å². The lowest BCUT2D eigenvalue weighted by atomic mass is 10.0. The lowest BCUT2D eigenvalue weighted by Crippen LogP contribution is -2.24. The minimum Gasteiger partial charge on any atom is -0.316 e. The fourth-order valence-corrected chi connectivity index (χ4v) is 5.80. The number of benzene rings is 3. The monoisotopic (exact) mass is 473 g/mol. The van der Waals surface area contributed by atoms with Crippen molar-refractivity contribution in [2.24, 2.45) is 7.05 Å². The number of aromatic nitrogens is 2. The molecule has 3 aromatic carbocycles. The second-order valence-corrected chi connectivity index (χ2v) is 9.82. The molecule has 4 aromatic rings. The number of amides is 1. The first-order valence-corrected chi connectivity index (χ1v) is 11.9. The van der Waals surface area contributed by atoms with Crippen molar-refractivity contribution < 1.29 is 18.0 Å². The SMILES string of the molecule is Cc1c(NC(=O)c2ccc3c(c2)S(=O)(=O)c2ccccc2C3=O)c(=O)n(-c2ccccc2)n1C. The van der Waals surface area contributed by atoms with Crippen LogP contribution in [-0.2, 0) is 16.9 Å². The standard InChI is InChI=1S/C25H19N3O5S/c1-15-22(25(31)28(27(15)2)17-8-4-3-5-9-17)26-24(30)16-12-13-19-21(14-16)34(32,33)20-11-7-6-10-18(20)23(19)29/h3-14H,1-2H3,(H,26,30). The Bertz CT molecular complexity index is 1660. The minimum absolute atomic E-state index is 0.0116. The molecule has 0 saturated carbocycles. The zero-order valence-corrected chi connectivity index (χ0v) is 19.1. The highest BCUT2D eigenvalue weighted by atomic mass is 32.2. The predicted octanol–water partition coefficient (Wildman–Crippen LogP) is 3.11. The third-order valence-electron chi connectivity index (χ3n) is 5.99. The van der Waals surface area contributed by atoms with Gasteiger partial charge in [0.05, 0.1) is 21.2 Å². The van der Waals surface area contributed by atoms with Crippen LogP contribution < -0.4 is 10.9 Å². The number of nitrogens with zero attached hydrogens (tertiary/aromatic N) is 2. The van der Waals surface area contributed by atoms with Crippen LogP contribution in [-0.4, -0.2) is 29.5 Å². The fraction of sp³-hybridized carbons (Fsp3) is 0.0800. The zero-order chi connectivity index (χ0) is 24.2. The molecule has 2 heterocycles. The van der Waals surface area contributed by atoms with Crippen LogP contribution in [0.1, 0.15) is 32.0 Å². The van der Waals surface area contributed by atoms with E-state index in [-0.39, 0.29) is 32.2 Å². The van der Waals surface area contributed by atoms with E-state index in [9.17, 15) is 22.8 Å². The highest BCUT2D eigenvalue weighted by Crippen LogP contribution is 2.34. The van der Waals surface area contributed by atoms with Crippen LogP contribution in [0.25, 0.3) is 5.69 Å². The summed E-state index contributed by atoms with van der Waals surface area (Å²) in [7, 11) is -2.29. The van der Waals surface area contributed by atoms with E-state index in [0.717, 1.165) is 0 Å².